The minimum atomic E-state index is -0.721. The van der Waals surface area contributed by atoms with Crippen LogP contribution in [0.25, 0.3) is 22.4 Å². The monoisotopic (exact) mass is 473 g/mol. The molecule has 0 aliphatic rings. The first kappa shape index (κ1) is 21.4. The van der Waals surface area contributed by atoms with Crippen molar-refractivity contribution in [1.29, 1.82) is 0 Å². The summed E-state index contributed by atoms with van der Waals surface area (Å²) in [7, 11) is 5.65. The molecule has 0 fully saturated rings. The number of aromatic nitrogens is 1. The smallest absolute Gasteiger partial charge is 0.418 e. The normalized spacial score (nSPS) is 10.4. The molecule has 0 bridgehead atoms. The predicted molar refractivity (Wildman–Crippen MR) is 115 cm³/mol. The number of methoxy groups -OCH3 is 4. The Morgan fingerprint density at radius 1 is 0.767 bits per heavy atom. The van der Waals surface area contributed by atoms with Crippen LogP contribution in [0.1, 0.15) is 10.5 Å². The zero-order valence-corrected chi connectivity index (χ0v) is 18.5. The first-order chi connectivity index (χ1) is 14.5. The third-order valence-electron chi connectivity index (χ3n) is 4.59. The molecule has 0 saturated heterocycles. The van der Waals surface area contributed by atoms with E-state index in [2.05, 4.69) is 15.9 Å². The fourth-order valence-electron chi connectivity index (χ4n) is 3.13. The number of hydrogen-bond acceptors (Lipinski definition) is 6. The molecule has 7 nitrogen and oxygen atoms in total. The molecule has 0 N–H and O–H groups in total. The summed E-state index contributed by atoms with van der Waals surface area (Å²) in [5.74, 6) is 0.651. The van der Waals surface area contributed by atoms with E-state index in [0.29, 0.717) is 38.4 Å². The van der Waals surface area contributed by atoms with Gasteiger partial charge in [0.05, 0.1) is 38.6 Å². The quantitative estimate of drug-likeness (QED) is 0.485. The number of carbonyl (C=O) groups excluding carboxylic acids is 2. The second kappa shape index (κ2) is 9.04. The van der Waals surface area contributed by atoms with Crippen LogP contribution in [0.2, 0.25) is 0 Å². The van der Waals surface area contributed by atoms with Gasteiger partial charge in [0.1, 0.15) is 17.2 Å². The highest BCUT2D eigenvalue weighted by Crippen LogP contribution is 2.43. The third-order valence-corrected chi connectivity index (χ3v) is 5.36. The molecule has 0 amide bonds. The molecule has 0 unspecified atom stereocenters. The van der Waals surface area contributed by atoms with Gasteiger partial charge >= 0.3 is 12.1 Å². The lowest BCUT2D eigenvalue weighted by atomic mass is 10.0. The summed E-state index contributed by atoms with van der Waals surface area (Å²) in [6.45, 7) is 0. The molecule has 0 aliphatic heterocycles. The Kier molecular flexibility index (Phi) is 6.47. The van der Waals surface area contributed by atoms with Crippen molar-refractivity contribution in [3.63, 3.8) is 0 Å². The molecule has 0 aliphatic carbocycles. The van der Waals surface area contributed by atoms with Gasteiger partial charge in [0.15, 0.2) is 0 Å². The summed E-state index contributed by atoms with van der Waals surface area (Å²) in [6.07, 6.45) is -0.721. The van der Waals surface area contributed by atoms with Gasteiger partial charge in [-0.25, -0.2) is 14.2 Å². The molecule has 2 aromatic carbocycles. The van der Waals surface area contributed by atoms with Crippen molar-refractivity contribution in [2.45, 2.75) is 0 Å². The topological polar surface area (TPSA) is 76.0 Å². The van der Waals surface area contributed by atoms with Crippen LogP contribution in [0.5, 0.6) is 11.5 Å². The first-order valence-electron chi connectivity index (χ1n) is 8.86. The van der Waals surface area contributed by atoms with Crippen molar-refractivity contribution in [3.8, 4) is 33.9 Å². The van der Waals surface area contributed by atoms with Crippen LogP contribution >= 0.6 is 15.9 Å². The zero-order valence-electron chi connectivity index (χ0n) is 16.9. The van der Waals surface area contributed by atoms with E-state index in [1.165, 1.54) is 18.8 Å². The van der Waals surface area contributed by atoms with Gasteiger partial charge < -0.3 is 18.9 Å². The average Bonchev–Trinajstić information content (AvgIpc) is 3.10. The van der Waals surface area contributed by atoms with Crippen LogP contribution in [-0.2, 0) is 9.47 Å². The molecule has 3 aromatic rings. The van der Waals surface area contributed by atoms with Crippen molar-refractivity contribution in [2.24, 2.45) is 0 Å². The third kappa shape index (κ3) is 3.78. The van der Waals surface area contributed by atoms with Gasteiger partial charge in [0, 0.05) is 11.1 Å². The van der Waals surface area contributed by atoms with Gasteiger partial charge in [-0.1, -0.05) is 12.1 Å². The standard InChI is InChI=1S/C22H20BrNO6/c1-27-15-9-5-13(6-10-15)17-18(23)19(14-7-11-16(28-2)12-8-14)24(22(26)30-4)20(17)21(25)29-3/h5-12H,1-4H3. The van der Waals surface area contributed by atoms with Gasteiger partial charge in [-0.2, -0.15) is 0 Å². The van der Waals surface area contributed by atoms with Gasteiger partial charge in [-0.15, -0.1) is 0 Å². The van der Waals surface area contributed by atoms with Crippen molar-refractivity contribution >= 4 is 28.0 Å². The van der Waals surface area contributed by atoms with E-state index in [1.807, 2.05) is 0 Å². The Labute approximate surface area is 182 Å². The number of nitrogens with zero attached hydrogens (tertiary/aromatic N) is 1. The molecule has 30 heavy (non-hydrogen) atoms. The largest absolute Gasteiger partial charge is 0.497 e. The van der Waals surface area contributed by atoms with E-state index in [4.69, 9.17) is 18.9 Å². The van der Waals surface area contributed by atoms with Crippen molar-refractivity contribution in [3.05, 3.63) is 58.7 Å². The highest BCUT2D eigenvalue weighted by Gasteiger charge is 2.32. The lowest BCUT2D eigenvalue weighted by Gasteiger charge is -2.11. The van der Waals surface area contributed by atoms with E-state index < -0.39 is 12.1 Å². The van der Waals surface area contributed by atoms with Crippen LogP contribution < -0.4 is 9.47 Å². The fourth-order valence-corrected chi connectivity index (χ4v) is 3.96. The second-order valence-corrected chi connectivity index (χ2v) is 6.93. The number of hydrogen-bond donors (Lipinski definition) is 0. The summed E-state index contributed by atoms with van der Waals surface area (Å²) >= 11 is 3.59. The Morgan fingerprint density at radius 3 is 1.70 bits per heavy atom. The number of ether oxygens (including phenoxy) is 4. The maximum atomic E-state index is 12.8. The summed E-state index contributed by atoms with van der Waals surface area (Å²) in [6, 6.07) is 14.2. The first-order valence-corrected chi connectivity index (χ1v) is 9.65. The van der Waals surface area contributed by atoms with E-state index in [1.54, 1.807) is 62.8 Å². The van der Waals surface area contributed by atoms with Crippen LogP contribution in [0.15, 0.2) is 53.0 Å². The lowest BCUT2D eigenvalue weighted by molar-refractivity contribution is 0.0588. The molecular formula is C22H20BrNO6. The number of esters is 1. The van der Waals surface area contributed by atoms with Gasteiger partial charge in [0.25, 0.3) is 0 Å². The molecule has 1 aromatic heterocycles. The molecule has 0 saturated carbocycles. The number of benzene rings is 2. The van der Waals surface area contributed by atoms with Crippen LogP contribution in [-0.4, -0.2) is 45.1 Å². The van der Waals surface area contributed by atoms with E-state index in [9.17, 15) is 9.59 Å². The molecule has 0 radical (unpaired) electrons. The van der Waals surface area contributed by atoms with E-state index in [0.717, 1.165) is 0 Å². The summed E-state index contributed by atoms with van der Waals surface area (Å²) in [4.78, 5) is 25.5. The Hall–Kier alpha value is -3.26. The van der Waals surface area contributed by atoms with Crippen LogP contribution in [0.4, 0.5) is 4.79 Å². The Bertz CT molecular complexity index is 986. The summed E-state index contributed by atoms with van der Waals surface area (Å²) < 4.78 is 22.1. The number of rotatable bonds is 5. The summed E-state index contributed by atoms with van der Waals surface area (Å²) in [5, 5.41) is 0. The minimum Gasteiger partial charge on any atom is -0.497 e. The minimum absolute atomic E-state index is 0.0483. The highest BCUT2D eigenvalue weighted by molar-refractivity contribution is 9.10. The Morgan fingerprint density at radius 2 is 1.27 bits per heavy atom. The summed E-state index contributed by atoms with van der Waals surface area (Å²) in [5.41, 5.74) is 2.38. The van der Waals surface area contributed by atoms with Gasteiger partial charge in [-0.05, 0) is 57.9 Å². The highest BCUT2D eigenvalue weighted by atomic mass is 79.9. The number of carbonyl (C=O) groups is 2. The maximum Gasteiger partial charge on any atom is 0.418 e. The van der Waals surface area contributed by atoms with Crippen molar-refractivity contribution in [1.82, 2.24) is 4.57 Å². The fraction of sp³-hybridized carbons (Fsp3) is 0.182. The molecular weight excluding hydrogens is 454 g/mol. The molecule has 156 valence electrons. The van der Waals surface area contributed by atoms with E-state index in [-0.39, 0.29) is 5.69 Å². The average molecular weight is 474 g/mol. The van der Waals surface area contributed by atoms with Gasteiger partial charge in [0.2, 0.25) is 0 Å². The molecule has 0 spiro atoms. The molecule has 0 atom stereocenters. The second-order valence-electron chi connectivity index (χ2n) is 6.14. The number of halogens is 1. The van der Waals surface area contributed by atoms with Crippen LogP contribution in [0, 0.1) is 0 Å². The van der Waals surface area contributed by atoms with Crippen molar-refractivity contribution in [2.75, 3.05) is 28.4 Å². The lowest BCUT2D eigenvalue weighted by Crippen LogP contribution is -2.20. The van der Waals surface area contributed by atoms with Crippen molar-refractivity contribution < 1.29 is 28.5 Å². The SMILES string of the molecule is COC(=O)c1c(-c2ccc(OC)cc2)c(Br)c(-c2ccc(OC)cc2)n1C(=O)OC. The van der Waals surface area contributed by atoms with Gasteiger partial charge in [-0.3, -0.25) is 0 Å². The molecule has 1 heterocycles. The van der Waals surface area contributed by atoms with Crippen LogP contribution in [0.3, 0.4) is 0 Å². The predicted octanol–water partition coefficient (Wildman–Crippen LogP) is 5.00. The maximum absolute atomic E-state index is 12.8. The molecule has 3 rings (SSSR count). The Balaban J connectivity index is 2.36. The molecule has 8 heteroatoms. The zero-order chi connectivity index (χ0) is 21.8. The van der Waals surface area contributed by atoms with E-state index >= 15 is 0 Å².